The van der Waals surface area contributed by atoms with Gasteiger partial charge in [-0.05, 0) is 37.5 Å². The van der Waals surface area contributed by atoms with Crippen LogP contribution in [0.4, 0.5) is 10.8 Å². The number of benzene rings is 1. The van der Waals surface area contributed by atoms with Gasteiger partial charge >= 0.3 is 0 Å². The van der Waals surface area contributed by atoms with Gasteiger partial charge in [-0.3, -0.25) is 14.5 Å². The molecule has 0 spiro atoms. The molecule has 2 heterocycles. The van der Waals surface area contributed by atoms with E-state index in [2.05, 4.69) is 10.3 Å². The fourth-order valence-electron chi connectivity index (χ4n) is 2.82. The number of anilines is 2. The molecule has 1 aromatic carbocycles. The average Bonchev–Trinajstić information content (AvgIpc) is 3.20. The summed E-state index contributed by atoms with van der Waals surface area (Å²) in [6.07, 6.45) is 2.01. The molecule has 7 heteroatoms. The van der Waals surface area contributed by atoms with Gasteiger partial charge in [-0.1, -0.05) is 24.3 Å². The monoisotopic (exact) mass is 359 g/mol. The first kappa shape index (κ1) is 17.4. The van der Waals surface area contributed by atoms with E-state index in [1.165, 1.54) is 11.3 Å². The molecule has 25 heavy (non-hydrogen) atoms. The number of aryl methyl sites for hydroxylation is 2. The van der Waals surface area contributed by atoms with Crippen molar-refractivity contribution in [3.63, 3.8) is 0 Å². The van der Waals surface area contributed by atoms with Crippen molar-refractivity contribution in [2.24, 2.45) is 0 Å². The Morgan fingerprint density at radius 3 is 2.88 bits per heavy atom. The number of carbonyl (C=O) groups excluding carboxylic acids is 2. The minimum Gasteiger partial charge on any atom is -0.495 e. The molecule has 0 radical (unpaired) electrons. The van der Waals surface area contributed by atoms with E-state index in [9.17, 15) is 9.59 Å². The summed E-state index contributed by atoms with van der Waals surface area (Å²) in [6, 6.07) is 5.62. The lowest BCUT2D eigenvalue weighted by Gasteiger charge is -2.11. The Hall–Kier alpha value is -2.41. The number of hydrogen-bond donors (Lipinski definition) is 1. The van der Waals surface area contributed by atoms with Gasteiger partial charge in [-0.15, -0.1) is 0 Å². The molecule has 2 aromatic rings. The van der Waals surface area contributed by atoms with Gasteiger partial charge in [0.05, 0.1) is 18.5 Å². The smallest absolute Gasteiger partial charge is 0.267 e. The zero-order valence-electron chi connectivity index (χ0n) is 14.6. The maximum absolute atomic E-state index is 12.8. The van der Waals surface area contributed by atoms with E-state index in [4.69, 9.17) is 4.74 Å². The number of methoxy groups -OCH3 is 1. The van der Waals surface area contributed by atoms with Crippen molar-refractivity contribution in [3.05, 3.63) is 34.3 Å². The molecular weight excluding hydrogens is 338 g/mol. The Kier molecular flexibility index (Phi) is 5.03. The first-order valence-electron chi connectivity index (χ1n) is 8.29. The normalized spacial score (nSPS) is 14.0. The van der Waals surface area contributed by atoms with E-state index in [0.717, 1.165) is 12.0 Å². The van der Waals surface area contributed by atoms with Crippen molar-refractivity contribution in [3.8, 4) is 5.75 Å². The first-order valence-corrected chi connectivity index (χ1v) is 9.11. The molecule has 1 aromatic heterocycles. The third-order valence-electron chi connectivity index (χ3n) is 4.13. The summed E-state index contributed by atoms with van der Waals surface area (Å²) in [6.45, 7) is 4.58. The average molecular weight is 359 g/mol. The number of thiazole rings is 1. The van der Waals surface area contributed by atoms with Crippen molar-refractivity contribution >= 4 is 34.0 Å². The van der Waals surface area contributed by atoms with Crippen LogP contribution in [0.2, 0.25) is 0 Å². The quantitative estimate of drug-likeness (QED) is 0.888. The first-order chi connectivity index (χ1) is 12.0. The van der Waals surface area contributed by atoms with Gasteiger partial charge in [0.15, 0.2) is 5.13 Å². The molecule has 0 saturated carbocycles. The Bertz CT molecular complexity index is 816. The molecule has 0 bridgehead atoms. The van der Waals surface area contributed by atoms with Crippen LogP contribution < -0.4 is 15.0 Å². The second-order valence-corrected chi connectivity index (χ2v) is 6.91. The number of hydrogen-bond acceptors (Lipinski definition) is 5. The second kappa shape index (κ2) is 7.23. The highest BCUT2D eigenvalue weighted by Gasteiger charge is 2.27. The summed E-state index contributed by atoms with van der Waals surface area (Å²) >= 11 is 1.27. The largest absolute Gasteiger partial charge is 0.495 e. The van der Waals surface area contributed by atoms with E-state index in [1.807, 2.05) is 32.0 Å². The van der Waals surface area contributed by atoms with Crippen molar-refractivity contribution in [1.82, 2.24) is 4.98 Å². The van der Waals surface area contributed by atoms with Crippen molar-refractivity contribution in [2.75, 3.05) is 23.9 Å². The molecule has 1 aliphatic heterocycles. The fourth-order valence-corrected chi connectivity index (χ4v) is 3.91. The molecule has 1 N–H and O–H groups in total. The number of nitrogens with one attached hydrogen (secondary N) is 1. The summed E-state index contributed by atoms with van der Waals surface area (Å²) in [7, 11) is 1.57. The zero-order chi connectivity index (χ0) is 18.0. The minimum atomic E-state index is -0.226. The number of amides is 2. The van der Waals surface area contributed by atoms with E-state index in [-0.39, 0.29) is 11.8 Å². The highest BCUT2D eigenvalue weighted by Crippen LogP contribution is 2.32. The van der Waals surface area contributed by atoms with Crippen LogP contribution in [0.3, 0.4) is 0 Å². The van der Waals surface area contributed by atoms with Crippen LogP contribution in [-0.4, -0.2) is 30.5 Å². The topological polar surface area (TPSA) is 71.5 Å². The van der Waals surface area contributed by atoms with Gasteiger partial charge in [-0.2, -0.15) is 0 Å². The third-order valence-corrected chi connectivity index (χ3v) is 5.25. The standard InChI is InChI=1S/C18H21N3O3S/c1-4-12-16(25-18(20-12)21-9-5-6-15(21)22)17(23)19-13-10-11(2)7-8-14(13)24-3/h7-8,10H,4-6,9H2,1-3H3,(H,19,23). The molecule has 3 rings (SSSR count). The lowest BCUT2D eigenvalue weighted by molar-refractivity contribution is -0.117. The number of rotatable bonds is 5. The molecule has 6 nitrogen and oxygen atoms in total. The Morgan fingerprint density at radius 1 is 1.44 bits per heavy atom. The van der Waals surface area contributed by atoms with Gasteiger partial charge in [0.25, 0.3) is 5.91 Å². The Morgan fingerprint density at radius 2 is 2.24 bits per heavy atom. The van der Waals surface area contributed by atoms with Gasteiger partial charge in [0.2, 0.25) is 5.91 Å². The van der Waals surface area contributed by atoms with Crippen LogP contribution in [0.1, 0.15) is 40.7 Å². The van der Waals surface area contributed by atoms with E-state index < -0.39 is 0 Å². The number of carbonyl (C=O) groups is 2. The van der Waals surface area contributed by atoms with Gasteiger partial charge in [-0.25, -0.2) is 4.98 Å². The molecule has 1 fully saturated rings. The number of ether oxygens (including phenoxy) is 1. The predicted octanol–water partition coefficient (Wildman–Crippen LogP) is 3.40. The Balaban J connectivity index is 1.88. The Labute approximate surface area is 150 Å². The molecule has 1 saturated heterocycles. The maximum atomic E-state index is 12.8. The van der Waals surface area contributed by atoms with Crippen molar-refractivity contribution < 1.29 is 14.3 Å². The minimum absolute atomic E-state index is 0.0729. The summed E-state index contributed by atoms with van der Waals surface area (Å²) in [5, 5.41) is 3.52. The zero-order valence-corrected chi connectivity index (χ0v) is 15.4. The summed E-state index contributed by atoms with van der Waals surface area (Å²) < 4.78 is 5.31. The van der Waals surface area contributed by atoms with Crippen LogP contribution in [0, 0.1) is 6.92 Å². The summed E-state index contributed by atoms with van der Waals surface area (Å²) in [5.41, 5.74) is 2.37. The molecule has 1 aliphatic rings. The number of nitrogens with zero attached hydrogens (tertiary/aromatic N) is 2. The van der Waals surface area contributed by atoms with Gasteiger partial charge in [0.1, 0.15) is 10.6 Å². The van der Waals surface area contributed by atoms with Crippen LogP contribution in [0.5, 0.6) is 5.75 Å². The summed E-state index contributed by atoms with van der Waals surface area (Å²) in [5.74, 6) is 0.455. The summed E-state index contributed by atoms with van der Waals surface area (Å²) in [4.78, 5) is 31.5. The molecule has 0 atom stereocenters. The third kappa shape index (κ3) is 3.51. The molecule has 0 unspecified atom stereocenters. The molecular formula is C18H21N3O3S. The maximum Gasteiger partial charge on any atom is 0.267 e. The van der Waals surface area contributed by atoms with Crippen LogP contribution in [0.25, 0.3) is 0 Å². The molecule has 2 amide bonds. The van der Waals surface area contributed by atoms with Gasteiger partial charge < -0.3 is 10.1 Å². The van der Waals surface area contributed by atoms with Crippen molar-refractivity contribution in [1.29, 1.82) is 0 Å². The van der Waals surface area contributed by atoms with E-state index in [0.29, 0.717) is 46.5 Å². The highest BCUT2D eigenvalue weighted by molar-refractivity contribution is 7.18. The van der Waals surface area contributed by atoms with E-state index in [1.54, 1.807) is 12.0 Å². The lowest BCUT2D eigenvalue weighted by atomic mass is 10.2. The SMILES string of the molecule is CCc1nc(N2CCCC2=O)sc1C(=O)Nc1cc(C)ccc1OC. The number of aromatic nitrogens is 1. The molecule has 132 valence electrons. The van der Waals surface area contributed by atoms with Crippen LogP contribution in [0.15, 0.2) is 18.2 Å². The highest BCUT2D eigenvalue weighted by atomic mass is 32.1. The fraction of sp³-hybridized carbons (Fsp3) is 0.389. The predicted molar refractivity (Wildman–Crippen MR) is 98.8 cm³/mol. The van der Waals surface area contributed by atoms with Gasteiger partial charge in [0, 0.05) is 13.0 Å². The van der Waals surface area contributed by atoms with Crippen LogP contribution >= 0.6 is 11.3 Å². The molecule has 0 aliphatic carbocycles. The van der Waals surface area contributed by atoms with E-state index >= 15 is 0 Å². The van der Waals surface area contributed by atoms with Crippen molar-refractivity contribution in [2.45, 2.75) is 33.1 Å². The lowest BCUT2D eigenvalue weighted by Crippen LogP contribution is -2.23. The van der Waals surface area contributed by atoms with Crippen LogP contribution in [-0.2, 0) is 11.2 Å². The second-order valence-electron chi connectivity index (χ2n) is 5.93.